The highest BCUT2D eigenvalue weighted by atomic mass is 16.5. The van der Waals surface area contributed by atoms with Gasteiger partial charge in [-0.1, -0.05) is 82.8 Å². The molecule has 1 N–H and O–H groups in total. The van der Waals surface area contributed by atoms with Crippen LogP contribution in [-0.2, 0) is 22.6 Å². The second-order valence-electron chi connectivity index (χ2n) is 7.25. The number of aliphatic hydroxyl groups excluding tert-OH is 1. The fourth-order valence-electron chi connectivity index (χ4n) is 3.09. The van der Waals surface area contributed by atoms with E-state index >= 15 is 0 Å². The highest BCUT2D eigenvalue weighted by Crippen LogP contribution is 2.12. The summed E-state index contributed by atoms with van der Waals surface area (Å²) in [6.07, 6.45) is 18.3. The van der Waals surface area contributed by atoms with Gasteiger partial charge in [-0.05, 0) is 6.42 Å². The third-order valence-corrected chi connectivity index (χ3v) is 4.68. The lowest BCUT2D eigenvalue weighted by Gasteiger charge is -2.03. The molecule has 6 nitrogen and oxygen atoms in total. The molecule has 0 fully saturated rings. The predicted molar refractivity (Wildman–Crippen MR) is 109 cm³/mol. The molecule has 27 heavy (non-hydrogen) atoms. The van der Waals surface area contributed by atoms with Gasteiger partial charge in [0.05, 0.1) is 39.2 Å². The van der Waals surface area contributed by atoms with Crippen LogP contribution in [0.3, 0.4) is 0 Å². The molecule has 0 radical (unpaired) electrons. The monoisotopic (exact) mass is 383 g/mol. The molecule has 0 bridgehead atoms. The number of aryl methyl sites for hydroxylation is 1. The van der Waals surface area contributed by atoms with Gasteiger partial charge in [0.1, 0.15) is 5.69 Å². The molecule has 0 saturated heterocycles. The molecule has 6 heteroatoms. The first-order chi connectivity index (χ1) is 13.4. The number of hydrogen-bond acceptors (Lipinski definition) is 5. The summed E-state index contributed by atoms with van der Waals surface area (Å²) in [5, 5.41) is 16.9. The Labute approximate surface area is 165 Å². The van der Waals surface area contributed by atoms with Gasteiger partial charge < -0.3 is 14.6 Å². The van der Waals surface area contributed by atoms with E-state index in [1.807, 2.05) is 10.9 Å². The molecule has 0 aliphatic carbocycles. The van der Waals surface area contributed by atoms with Gasteiger partial charge in [-0.15, -0.1) is 5.10 Å². The van der Waals surface area contributed by atoms with Crippen LogP contribution in [0, 0.1) is 0 Å². The van der Waals surface area contributed by atoms with E-state index in [1.54, 1.807) is 0 Å². The van der Waals surface area contributed by atoms with Crippen LogP contribution in [-0.4, -0.2) is 46.5 Å². The normalized spacial score (nSPS) is 11.3. The molecule has 0 aliphatic rings. The first-order valence-electron chi connectivity index (χ1n) is 11.0. The van der Waals surface area contributed by atoms with Gasteiger partial charge in [-0.25, -0.2) is 0 Å². The molecular weight excluding hydrogens is 342 g/mol. The molecule has 1 rings (SSSR count). The first-order valence-corrected chi connectivity index (χ1v) is 11.0. The smallest absolute Gasteiger partial charge is 0.108 e. The van der Waals surface area contributed by atoms with Gasteiger partial charge in [-0.3, -0.25) is 4.68 Å². The molecule has 0 saturated carbocycles. The number of rotatable bonds is 20. The Kier molecular flexibility index (Phi) is 16.4. The lowest BCUT2D eigenvalue weighted by molar-refractivity contribution is 0.0265. The second kappa shape index (κ2) is 18.4. The van der Waals surface area contributed by atoms with Crippen molar-refractivity contribution in [3.63, 3.8) is 0 Å². The van der Waals surface area contributed by atoms with Crippen molar-refractivity contribution in [2.24, 2.45) is 0 Å². The zero-order valence-corrected chi connectivity index (χ0v) is 17.4. The third kappa shape index (κ3) is 14.7. The molecule has 0 amide bonds. The standard InChI is InChI=1S/C21H41N3O3/c1-2-3-4-5-6-7-8-9-10-11-12-13-14-24-19-21(22-23-24)20-27-18-17-26-16-15-25/h19,25H,2-18,20H2,1H3. The van der Waals surface area contributed by atoms with E-state index in [2.05, 4.69) is 17.2 Å². The lowest BCUT2D eigenvalue weighted by Crippen LogP contribution is -2.07. The summed E-state index contributed by atoms with van der Waals surface area (Å²) >= 11 is 0. The Balaban J connectivity index is 1.87. The maximum absolute atomic E-state index is 8.60. The summed E-state index contributed by atoms with van der Waals surface area (Å²) in [5.74, 6) is 0. The van der Waals surface area contributed by atoms with E-state index in [1.165, 1.54) is 70.6 Å². The van der Waals surface area contributed by atoms with Crippen molar-refractivity contribution < 1.29 is 14.6 Å². The van der Waals surface area contributed by atoms with Crippen LogP contribution in [0.1, 0.15) is 89.7 Å². The fraction of sp³-hybridized carbons (Fsp3) is 0.905. The van der Waals surface area contributed by atoms with Crippen molar-refractivity contribution >= 4 is 0 Å². The highest BCUT2D eigenvalue weighted by Gasteiger charge is 2.01. The quantitative estimate of drug-likeness (QED) is 0.336. The third-order valence-electron chi connectivity index (χ3n) is 4.68. The Hall–Kier alpha value is -0.980. The molecule has 158 valence electrons. The van der Waals surface area contributed by atoms with Gasteiger partial charge in [0.2, 0.25) is 0 Å². The van der Waals surface area contributed by atoms with Gasteiger partial charge in [0.15, 0.2) is 0 Å². The maximum atomic E-state index is 8.60. The van der Waals surface area contributed by atoms with Gasteiger partial charge >= 0.3 is 0 Å². The summed E-state index contributed by atoms with van der Waals surface area (Å²) in [4.78, 5) is 0. The summed E-state index contributed by atoms with van der Waals surface area (Å²) in [6.45, 7) is 5.08. The van der Waals surface area contributed by atoms with Crippen LogP contribution >= 0.6 is 0 Å². The molecule has 0 aromatic carbocycles. The van der Waals surface area contributed by atoms with Crippen molar-refractivity contribution in [2.75, 3.05) is 26.4 Å². The number of ether oxygens (including phenoxy) is 2. The van der Waals surface area contributed by atoms with E-state index in [-0.39, 0.29) is 6.61 Å². The lowest BCUT2D eigenvalue weighted by atomic mass is 10.1. The molecule has 1 heterocycles. The summed E-state index contributed by atoms with van der Waals surface area (Å²) in [7, 11) is 0. The Morgan fingerprint density at radius 2 is 1.41 bits per heavy atom. The van der Waals surface area contributed by atoms with E-state index in [9.17, 15) is 0 Å². The number of unbranched alkanes of at least 4 members (excludes halogenated alkanes) is 11. The maximum Gasteiger partial charge on any atom is 0.108 e. The van der Waals surface area contributed by atoms with Gasteiger partial charge in [-0.2, -0.15) is 0 Å². The van der Waals surface area contributed by atoms with Crippen LogP contribution in [0.2, 0.25) is 0 Å². The topological polar surface area (TPSA) is 69.4 Å². The van der Waals surface area contributed by atoms with Gasteiger partial charge in [0.25, 0.3) is 0 Å². The van der Waals surface area contributed by atoms with Crippen LogP contribution in [0.4, 0.5) is 0 Å². The molecule has 0 unspecified atom stereocenters. The van der Waals surface area contributed by atoms with Crippen LogP contribution in [0.15, 0.2) is 6.20 Å². The van der Waals surface area contributed by atoms with Gasteiger partial charge in [0, 0.05) is 6.54 Å². The Bertz CT molecular complexity index is 427. The van der Waals surface area contributed by atoms with Crippen molar-refractivity contribution in [2.45, 2.75) is 97.1 Å². The number of nitrogens with zero attached hydrogens (tertiary/aromatic N) is 3. The number of aliphatic hydroxyl groups is 1. The molecular formula is C21H41N3O3. The van der Waals surface area contributed by atoms with Crippen LogP contribution in [0.25, 0.3) is 0 Å². The van der Waals surface area contributed by atoms with Crippen molar-refractivity contribution in [1.29, 1.82) is 0 Å². The molecule has 0 spiro atoms. The van der Waals surface area contributed by atoms with Crippen molar-refractivity contribution in [1.82, 2.24) is 15.0 Å². The highest BCUT2D eigenvalue weighted by molar-refractivity contribution is 4.89. The molecule has 0 atom stereocenters. The zero-order chi connectivity index (χ0) is 19.4. The predicted octanol–water partition coefficient (Wildman–Crippen LogP) is 4.50. The number of hydrogen-bond donors (Lipinski definition) is 1. The van der Waals surface area contributed by atoms with E-state index in [0.29, 0.717) is 26.4 Å². The fourth-order valence-corrected chi connectivity index (χ4v) is 3.09. The minimum Gasteiger partial charge on any atom is -0.394 e. The average Bonchev–Trinajstić information content (AvgIpc) is 3.13. The first kappa shape index (κ1) is 24.1. The Morgan fingerprint density at radius 1 is 0.815 bits per heavy atom. The summed E-state index contributed by atoms with van der Waals surface area (Å²) in [5.41, 5.74) is 0.857. The zero-order valence-electron chi connectivity index (χ0n) is 17.4. The summed E-state index contributed by atoms with van der Waals surface area (Å²) < 4.78 is 12.5. The van der Waals surface area contributed by atoms with E-state index < -0.39 is 0 Å². The Morgan fingerprint density at radius 3 is 2.04 bits per heavy atom. The van der Waals surface area contributed by atoms with Crippen LogP contribution < -0.4 is 0 Å². The summed E-state index contributed by atoms with van der Waals surface area (Å²) in [6, 6.07) is 0. The average molecular weight is 384 g/mol. The van der Waals surface area contributed by atoms with Crippen LogP contribution in [0.5, 0.6) is 0 Å². The van der Waals surface area contributed by atoms with Crippen molar-refractivity contribution in [3.05, 3.63) is 11.9 Å². The largest absolute Gasteiger partial charge is 0.394 e. The second-order valence-corrected chi connectivity index (χ2v) is 7.25. The minimum absolute atomic E-state index is 0.0491. The SMILES string of the molecule is CCCCCCCCCCCCCCn1cc(COCCOCCO)nn1. The van der Waals surface area contributed by atoms with Crippen molar-refractivity contribution in [3.8, 4) is 0 Å². The van der Waals surface area contributed by atoms with E-state index in [4.69, 9.17) is 14.6 Å². The number of aromatic nitrogens is 3. The minimum atomic E-state index is 0.0491. The molecule has 1 aromatic rings. The molecule has 1 aromatic heterocycles. The molecule has 0 aliphatic heterocycles. The van der Waals surface area contributed by atoms with E-state index in [0.717, 1.165) is 18.7 Å².